The quantitative estimate of drug-likeness (QED) is 0.748. The number of hydrogen-bond acceptors (Lipinski definition) is 6. The summed E-state index contributed by atoms with van der Waals surface area (Å²) in [5, 5.41) is 9.82. The molecule has 0 unspecified atom stereocenters. The highest BCUT2D eigenvalue weighted by Crippen LogP contribution is 2.23. The molecule has 0 radical (unpaired) electrons. The van der Waals surface area contributed by atoms with Crippen LogP contribution < -0.4 is 5.32 Å². The van der Waals surface area contributed by atoms with Gasteiger partial charge in [0.1, 0.15) is 0 Å². The SMILES string of the molecule is CNC(=O)CN1CCO[C@H]2CN(Cc3ccccn3)C[C@H]21.O=C(O)C(F)(F)F. The van der Waals surface area contributed by atoms with Crippen LogP contribution in [0.3, 0.4) is 0 Å². The number of hydrogen-bond donors (Lipinski definition) is 2. The van der Waals surface area contributed by atoms with E-state index in [0.29, 0.717) is 19.2 Å². The number of ether oxygens (including phenoxy) is 1. The number of aliphatic carboxylic acids is 1. The monoisotopic (exact) mass is 404 g/mol. The standard InChI is InChI=1S/C15H22N4O2.C2HF3O2/c1-16-15(20)11-19-6-7-21-14-10-18(9-13(14)19)8-12-4-2-3-5-17-12;3-2(4,5)1(6)7/h2-5,13-14H,6-11H2,1H3,(H,16,20);(H,6,7)/t13-,14+;/m1./s1. The Kier molecular flexibility index (Phi) is 7.72. The number of carboxylic acid groups (broad SMARTS) is 1. The van der Waals surface area contributed by atoms with Crippen LogP contribution in [0.5, 0.6) is 0 Å². The molecule has 2 saturated heterocycles. The molecule has 0 aromatic carbocycles. The van der Waals surface area contributed by atoms with E-state index in [9.17, 15) is 18.0 Å². The van der Waals surface area contributed by atoms with Gasteiger partial charge in [-0.15, -0.1) is 0 Å². The average molecular weight is 404 g/mol. The first-order chi connectivity index (χ1) is 13.2. The zero-order chi connectivity index (χ0) is 20.7. The molecule has 28 heavy (non-hydrogen) atoms. The smallest absolute Gasteiger partial charge is 0.475 e. The van der Waals surface area contributed by atoms with Gasteiger partial charge in [-0.2, -0.15) is 13.2 Å². The van der Waals surface area contributed by atoms with Crippen LogP contribution in [0.1, 0.15) is 5.69 Å². The molecule has 0 saturated carbocycles. The molecule has 1 aromatic heterocycles. The van der Waals surface area contributed by atoms with Crippen LogP contribution >= 0.6 is 0 Å². The molecule has 1 aromatic rings. The molecule has 0 bridgehead atoms. The first-order valence-corrected chi connectivity index (χ1v) is 8.69. The van der Waals surface area contributed by atoms with Gasteiger partial charge in [-0.25, -0.2) is 4.79 Å². The van der Waals surface area contributed by atoms with Crippen LogP contribution in [-0.2, 0) is 20.9 Å². The van der Waals surface area contributed by atoms with E-state index in [2.05, 4.69) is 20.1 Å². The third-order valence-electron chi connectivity index (χ3n) is 4.47. The number of likely N-dealkylation sites (N-methyl/N-ethyl adjacent to an activating group) is 1. The second-order valence-electron chi connectivity index (χ2n) is 6.44. The number of rotatable bonds is 4. The number of nitrogens with zero attached hydrogens (tertiary/aromatic N) is 3. The molecule has 0 spiro atoms. The van der Waals surface area contributed by atoms with E-state index in [1.807, 2.05) is 24.4 Å². The van der Waals surface area contributed by atoms with Gasteiger partial charge in [0.25, 0.3) is 0 Å². The number of nitrogens with one attached hydrogen (secondary N) is 1. The summed E-state index contributed by atoms with van der Waals surface area (Å²) in [6, 6.07) is 6.30. The zero-order valence-electron chi connectivity index (χ0n) is 15.4. The van der Waals surface area contributed by atoms with E-state index >= 15 is 0 Å². The summed E-state index contributed by atoms with van der Waals surface area (Å²) < 4.78 is 37.6. The molecule has 3 rings (SSSR count). The number of aromatic nitrogens is 1. The molecule has 2 fully saturated rings. The van der Waals surface area contributed by atoms with E-state index in [1.165, 1.54) is 0 Å². The number of carbonyl (C=O) groups excluding carboxylic acids is 1. The molecule has 11 heteroatoms. The maximum absolute atomic E-state index is 11.6. The molecule has 0 aliphatic carbocycles. The highest BCUT2D eigenvalue weighted by Gasteiger charge is 2.40. The van der Waals surface area contributed by atoms with Crippen LogP contribution in [0.15, 0.2) is 24.4 Å². The molecule has 3 heterocycles. The van der Waals surface area contributed by atoms with Gasteiger partial charge in [0.05, 0.1) is 31.0 Å². The summed E-state index contributed by atoms with van der Waals surface area (Å²) in [7, 11) is 1.68. The first-order valence-electron chi connectivity index (χ1n) is 8.69. The van der Waals surface area contributed by atoms with Gasteiger partial charge in [0.15, 0.2) is 0 Å². The summed E-state index contributed by atoms with van der Waals surface area (Å²) >= 11 is 0. The lowest BCUT2D eigenvalue weighted by molar-refractivity contribution is -0.192. The highest BCUT2D eigenvalue weighted by molar-refractivity contribution is 5.77. The number of morpholine rings is 1. The zero-order valence-corrected chi connectivity index (χ0v) is 15.4. The van der Waals surface area contributed by atoms with Crippen LogP contribution in [0.25, 0.3) is 0 Å². The van der Waals surface area contributed by atoms with Gasteiger partial charge < -0.3 is 15.2 Å². The molecule has 2 aliphatic rings. The van der Waals surface area contributed by atoms with Crippen molar-refractivity contribution in [2.75, 3.05) is 39.8 Å². The summed E-state index contributed by atoms with van der Waals surface area (Å²) in [6.07, 6.45) is -3.06. The van der Waals surface area contributed by atoms with Crippen molar-refractivity contribution in [1.82, 2.24) is 20.1 Å². The van der Waals surface area contributed by atoms with Crippen LogP contribution in [-0.4, -0.2) is 89.9 Å². The molecule has 2 aliphatic heterocycles. The average Bonchev–Trinajstić information content (AvgIpc) is 3.05. The maximum Gasteiger partial charge on any atom is 0.490 e. The summed E-state index contributed by atoms with van der Waals surface area (Å²) in [4.78, 5) is 29.5. The number of halogens is 3. The lowest BCUT2D eigenvalue weighted by atomic mass is 10.1. The number of pyridine rings is 1. The number of alkyl halides is 3. The number of amides is 1. The van der Waals surface area contributed by atoms with Gasteiger partial charge in [0, 0.05) is 39.4 Å². The second-order valence-corrected chi connectivity index (χ2v) is 6.44. The van der Waals surface area contributed by atoms with Gasteiger partial charge in [-0.05, 0) is 12.1 Å². The second kappa shape index (κ2) is 9.80. The summed E-state index contributed by atoms with van der Waals surface area (Å²) in [5.41, 5.74) is 1.08. The molecular weight excluding hydrogens is 381 g/mol. The Labute approximate surface area is 160 Å². The van der Waals surface area contributed by atoms with Crippen molar-refractivity contribution >= 4 is 11.9 Å². The maximum atomic E-state index is 11.6. The van der Waals surface area contributed by atoms with Crippen molar-refractivity contribution < 1.29 is 32.6 Å². The van der Waals surface area contributed by atoms with E-state index in [0.717, 1.165) is 31.9 Å². The lowest BCUT2D eigenvalue weighted by Crippen LogP contribution is -2.53. The predicted molar refractivity (Wildman–Crippen MR) is 92.4 cm³/mol. The molecule has 1 amide bonds. The lowest BCUT2D eigenvalue weighted by Gasteiger charge is -2.36. The van der Waals surface area contributed by atoms with Crippen molar-refractivity contribution in [2.45, 2.75) is 24.9 Å². The Morgan fingerprint density at radius 3 is 2.64 bits per heavy atom. The van der Waals surface area contributed by atoms with Crippen molar-refractivity contribution in [3.63, 3.8) is 0 Å². The van der Waals surface area contributed by atoms with Gasteiger partial charge in [-0.1, -0.05) is 6.07 Å². The minimum Gasteiger partial charge on any atom is -0.475 e. The number of likely N-dealkylation sites (tertiary alicyclic amines) is 1. The Balaban J connectivity index is 0.000000345. The topological polar surface area (TPSA) is 95.0 Å². The Morgan fingerprint density at radius 1 is 1.36 bits per heavy atom. The van der Waals surface area contributed by atoms with Crippen LogP contribution in [0, 0.1) is 0 Å². The number of carboxylic acids is 1. The van der Waals surface area contributed by atoms with Crippen LogP contribution in [0.4, 0.5) is 13.2 Å². The highest BCUT2D eigenvalue weighted by atomic mass is 19.4. The Hall–Kier alpha value is -2.24. The van der Waals surface area contributed by atoms with E-state index < -0.39 is 12.1 Å². The molecule has 2 atom stereocenters. The molecule has 156 valence electrons. The van der Waals surface area contributed by atoms with Crippen molar-refractivity contribution in [1.29, 1.82) is 0 Å². The molecule has 8 nitrogen and oxygen atoms in total. The minimum atomic E-state index is -5.08. The fraction of sp³-hybridized carbons (Fsp3) is 0.588. The Morgan fingerprint density at radius 2 is 2.07 bits per heavy atom. The Bertz CT molecular complexity index is 660. The van der Waals surface area contributed by atoms with E-state index in [-0.39, 0.29) is 12.0 Å². The largest absolute Gasteiger partial charge is 0.490 e. The van der Waals surface area contributed by atoms with Gasteiger partial charge in [0.2, 0.25) is 5.91 Å². The van der Waals surface area contributed by atoms with E-state index in [1.54, 1.807) is 7.05 Å². The first kappa shape index (κ1) is 22.1. The minimum absolute atomic E-state index is 0.0684. The fourth-order valence-corrected chi connectivity index (χ4v) is 3.14. The van der Waals surface area contributed by atoms with Crippen LogP contribution in [0.2, 0.25) is 0 Å². The third-order valence-corrected chi connectivity index (χ3v) is 4.47. The number of fused-ring (bicyclic) bond motifs is 1. The molecular formula is C17H23F3N4O4. The van der Waals surface area contributed by atoms with Gasteiger partial charge >= 0.3 is 12.1 Å². The third kappa shape index (κ3) is 6.43. The predicted octanol–water partition coefficient (Wildman–Crippen LogP) is 0.346. The number of carbonyl (C=O) groups is 2. The fourth-order valence-electron chi connectivity index (χ4n) is 3.14. The summed E-state index contributed by atoms with van der Waals surface area (Å²) in [6.45, 7) is 4.66. The van der Waals surface area contributed by atoms with Crippen molar-refractivity contribution in [3.05, 3.63) is 30.1 Å². The van der Waals surface area contributed by atoms with E-state index in [4.69, 9.17) is 14.6 Å². The van der Waals surface area contributed by atoms with Gasteiger partial charge in [-0.3, -0.25) is 19.6 Å². The van der Waals surface area contributed by atoms with Crippen molar-refractivity contribution in [3.8, 4) is 0 Å². The molecule has 2 N–H and O–H groups in total. The normalized spacial score (nSPS) is 22.7. The van der Waals surface area contributed by atoms with Crippen molar-refractivity contribution in [2.24, 2.45) is 0 Å². The summed E-state index contributed by atoms with van der Waals surface area (Å²) in [5.74, 6) is -2.69.